The lowest BCUT2D eigenvalue weighted by Crippen LogP contribution is -2.55. The van der Waals surface area contributed by atoms with Gasteiger partial charge in [-0.1, -0.05) is 6.92 Å². The fraction of sp³-hybridized carbons (Fsp3) is 0.929. The van der Waals surface area contributed by atoms with Gasteiger partial charge in [-0.05, 0) is 19.4 Å². The topological polar surface area (TPSA) is 68.0 Å². The van der Waals surface area contributed by atoms with Crippen molar-refractivity contribution >= 4 is 5.91 Å². The predicted octanol–water partition coefficient (Wildman–Crippen LogP) is -0.327. The zero-order valence-electron chi connectivity index (χ0n) is 12.4. The smallest absolute Gasteiger partial charge is 0.254 e. The second-order valence-electron chi connectivity index (χ2n) is 5.44. The molecule has 1 amide bonds. The van der Waals surface area contributed by atoms with Crippen molar-refractivity contribution in [3.05, 3.63) is 0 Å². The molecule has 2 rings (SSSR count). The molecular formula is C14H27N3O3. The Morgan fingerprint density at radius 3 is 2.60 bits per heavy atom. The molecule has 2 heterocycles. The van der Waals surface area contributed by atoms with E-state index in [9.17, 15) is 4.79 Å². The van der Waals surface area contributed by atoms with E-state index < -0.39 is 6.10 Å². The molecule has 0 aromatic rings. The zero-order chi connectivity index (χ0) is 14.4. The molecule has 0 aromatic heterocycles. The Morgan fingerprint density at radius 1 is 1.30 bits per heavy atom. The second kappa shape index (κ2) is 7.93. The summed E-state index contributed by atoms with van der Waals surface area (Å²) in [4.78, 5) is 16.7. The summed E-state index contributed by atoms with van der Waals surface area (Å²) in [5.41, 5.74) is 5.66. The maximum absolute atomic E-state index is 12.3. The van der Waals surface area contributed by atoms with Gasteiger partial charge >= 0.3 is 0 Å². The SMILES string of the molecule is CCC(CCN)N1CCN(C(=O)C2COCCO2)CC1. The Morgan fingerprint density at radius 2 is 2.05 bits per heavy atom. The van der Waals surface area contributed by atoms with Crippen molar-refractivity contribution in [2.75, 3.05) is 52.5 Å². The molecule has 0 saturated carbocycles. The van der Waals surface area contributed by atoms with Crippen LogP contribution in [0.2, 0.25) is 0 Å². The monoisotopic (exact) mass is 285 g/mol. The summed E-state index contributed by atoms with van der Waals surface area (Å²) in [6, 6.07) is 0.548. The first-order chi connectivity index (χ1) is 9.76. The Kier molecular flexibility index (Phi) is 6.22. The van der Waals surface area contributed by atoms with Crippen LogP contribution < -0.4 is 5.73 Å². The predicted molar refractivity (Wildman–Crippen MR) is 76.5 cm³/mol. The highest BCUT2D eigenvalue weighted by Crippen LogP contribution is 2.14. The molecule has 0 spiro atoms. The molecule has 2 unspecified atom stereocenters. The first-order valence-corrected chi connectivity index (χ1v) is 7.68. The average Bonchev–Trinajstić information content (AvgIpc) is 2.53. The number of rotatable bonds is 5. The van der Waals surface area contributed by atoms with Crippen molar-refractivity contribution in [1.82, 2.24) is 9.80 Å². The van der Waals surface area contributed by atoms with Gasteiger partial charge in [0.05, 0.1) is 19.8 Å². The van der Waals surface area contributed by atoms with E-state index in [1.54, 1.807) is 0 Å². The summed E-state index contributed by atoms with van der Waals surface area (Å²) >= 11 is 0. The van der Waals surface area contributed by atoms with Gasteiger partial charge in [0.1, 0.15) is 0 Å². The summed E-state index contributed by atoms with van der Waals surface area (Å²) in [5.74, 6) is 0.0798. The molecule has 2 N–H and O–H groups in total. The molecule has 116 valence electrons. The normalized spacial score (nSPS) is 26.5. The van der Waals surface area contributed by atoms with Crippen LogP contribution >= 0.6 is 0 Å². The highest BCUT2D eigenvalue weighted by molar-refractivity contribution is 5.81. The third-order valence-corrected chi connectivity index (χ3v) is 4.20. The summed E-state index contributed by atoms with van der Waals surface area (Å²) in [7, 11) is 0. The number of piperazine rings is 1. The first kappa shape index (κ1) is 15.7. The Bertz CT molecular complexity index is 300. The average molecular weight is 285 g/mol. The minimum atomic E-state index is -0.402. The number of ether oxygens (including phenoxy) is 2. The molecular weight excluding hydrogens is 258 g/mol. The van der Waals surface area contributed by atoms with Crippen LogP contribution in [0.5, 0.6) is 0 Å². The summed E-state index contributed by atoms with van der Waals surface area (Å²) in [6.45, 7) is 7.84. The number of nitrogens with zero attached hydrogens (tertiary/aromatic N) is 2. The number of hydrogen-bond acceptors (Lipinski definition) is 5. The highest BCUT2D eigenvalue weighted by Gasteiger charge is 2.31. The van der Waals surface area contributed by atoms with Crippen molar-refractivity contribution in [3.8, 4) is 0 Å². The van der Waals surface area contributed by atoms with Crippen molar-refractivity contribution in [2.24, 2.45) is 5.73 Å². The van der Waals surface area contributed by atoms with E-state index in [0.717, 1.165) is 45.6 Å². The molecule has 6 nitrogen and oxygen atoms in total. The molecule has 2 aliphatic heterocycles. The molecule has 0 radical (unpaired) electrons. The lowest BCUT2D eigenvalue weighted by atomic mass is 10.1. The highest BCUT2D eigenvalue weighted by atomic mass is 16.6. The van der Waals surface area contributed by atoms with Gasteiger partial charge in [0.25, 0.3) is 5.91 Å². The summed E-state index contributed by atoms with van der Waals surface area (Å²) in [5, 5.41) is 0. The van der Waals surface area contributed by atoms with E-state index in [2.05, 4.69) is 11.8 Å². The van der Waals surface area contributed by atoms with Crippen LogP contribution in [-0.4, -0.2) is 80.4 Å². The van der Waals surface area contributed by atoms with Crippen LogP contribution in [0.1, 0.15) is 19.8 Å². The number of amides is 1. The third kappa shape index (κ3) is 3.91. The van der Waals surface area contributed by atoms with E-state index in [0.29, 0.717) is 25.9 Å². The van der Waals surface area contributed by atoms with Crippen LogP contribution in [0, 0.1) is 0 Å². The van der Waals surface area contributed by atoms with Crippen LogP contribution in [0.3, 0.4) is 0 Å². The van der Waals surface area contributed by atoms with Crippen LogP contribution in [0.4, 0.5) is 0 Å². The minimum absolute atomic E-state index is 0.0798. The first-order valence-electron chi connectivity index (χ1n) is 7.68. The van der Waals surface area contributed by atoms with Gasteiger partial charge in [0, 0.05) is 32.2 Å². The molecule has 0 bridgehead atoms. The van der Waals surface area contributed by atoms with E-state index in [-0.39, 0.29) is 5.91 Å². The standard InChI is InChI=1S/C14H27N3O3/c1-2-12(3-4-15)16-5-7-17(8-6-16)14(18)13-11-19-9-10-20-13/h12-13H,2-11,15H2,1H3. The molecule has 20 heavy (non-hydrogen) atoms. The van der Waals surface area contributed by atoms with Crippen LogP contribution in [0.25, 0.3) is 0 Å². The summed E-state index contributed by atoms with van der Waals surface area (Å²) < 4.78 is 10.8. The lowest BCUT2D eigenvalue weighted by Gasteiger charge is -2.40. The Hall–Kier alpha value is -0.690. The van der Waals surface area contributed by atoms with Crippen molar-refractivity contribution < 1.29 is 14.3 Å². The Balaban J connectivity index is 1.79. The maximum Gasteiger partial charge on any atom is 0.254 e. The quantitative estimate of drug-likeness (QED) is 0.749. The van der Waals surface area contributed by atoms with Gasteiger partial charge in [0.15, 0.2) is 6.10 Å². The summed E-state index contributed by atoms with van der Waals surface area (Å²) in [6.07, 6.45) is 1.75. The number of nitrogens with two attached hydrogens (primary N) is 1. The lowest BCUT2D eigenvalue weighted by molar-refractivity contribution is -0.159. The second-order valence-corrected chi connectivity index (χ2v) is 5.44. The van der Waals surface area contributed by atoms with E-state index in [1.165, 1.54) is 0 Å². The van der Waals surface area contributed by atoms with Gasteiger partial charge in [-0.25, -0.2) is 0 Å². The van der Waals surface area contributed by atoms with Gasteiger partial charge in [0.2, 0.25) is 0 Å². The maximum atomic E-state index is 12.3. The fourth-order valence-corrected chi connectivity index (χ4v) is 2.98. The molecule has 2 atom stereocenters. The molecule has 0 aromatic carbocycles. The van der Waals surface area contributed by atoms with Crippen molar-refractivity contribution in [1.29, 1.82) is 0 Å². The molecule has 2 saturated heterocycles. The number of hydrogen-bond donors (Lipinski definition) is 1. The molecule has 2 aliphatic rings. The number of carbonyl (C=O) groups is 1. The van der Waals surface area contributed by atoms with Crippen molar-refractivity contribution in [3.63, 3.8) is 0 Å². The van der Waals surface area contributed by atoms with E-state index in [1.807, 2.05) is 4.90 Å². The third-order valence-electron chi connectivity index (χ3n) is 4.20. The van der Waals surface area contributed by atoms with E-state index >= 15 is 0 Å². The zero-order valence-corrected chi connectivity index (χ0v) is 12.4. The van der Waals surface area contributed by atoms with Gasteiger partial charge in [-0.2, -0.15) is 0 Å². The minimum Gasteiger partial charge on any atom is -0.376 e. The Labute approximate surface area is 121 Å². The van der Waals surface area contributed by atoms with E-state index in [4.69, 9.17) is 15.2 Å². The largest absolute Gasteiger partial charge is 0.376 e. The molecule has 6 heteroatoms. The number of carbonyl (C=O) groups excluding carboxylic acids is 1. The van der Waals surface area contributed by atoms with Crippen LogP contribution in [0.15, 0.2) is 0 Å². The van der Waals surface area contributed by atoms with Gasteiger partial charge in [-0.3, -0.25) is 9.69 Å². The van der Waals surface area contributed by atoms with Gasteiger partial charge in [-0.15, -0.1) is 0 Å². The fourth-order valence-electron chi connectivity index (χ4n) is 2.98. The van der Waals surface area contributed by atoms with Crippen LogP contribution in [-0.2, 0) is 14.3 Å². The molecule has 0 aliphatic carbocycles. The van der Waals surface area contributed by atoms with Crippen molar-refractivity contribution in [2.45, 2.75) is 31.9 Å². The molecule has 2 fully saturated rings. The van der Waals surface area contributed by atoms with Gasteiger partial charge < -0.3 is 20.1 Å².